The molecular formula is C20H17N7O3. The van der Waals surface area contributed by atoms with Crippen LogP contribution in [0.1, 0.15) is 23.5 Å². The van der Waals surface area contributed by atoms with E-state index in [-0.39, 0.29) is 17.2 Å². The average Bonchev–Trinajstić information content (AvgIpc) is 3.30. The number of hydrogen-bond acceptors (Lipinski definition) is 6. The fraction of sp³-hybridized carbons (Fsp3) is 0.100. The minimum atomic E-state index is -0.522. The highest BCUT2D eigenvalue weighted by Crippen LogP contribution is 2.18. The van der Waals surface area contributed by atoms with Crippen LogP contribution in [0.4, 0.5) is 11.4 Å². The van der Waals surface area contributed by atoms with Gasteiger partial charge < -0.3 is 10.6 Å². The lowest BCUT2D eigenvalue weighted by atomic mass is 10.1. The monoisotopic (exact) mass is 403 g/mol. The summed E-state index contributed by atoms with van der Waals surface area (Å²) in [6.07, 6.45) is 2.83. The summed E-state index contributed by atoms with van der Waals surface area (Å²) >= 11 is 0. The molecule has 0 saturated carbocycles. The maximum Gasteiger partial charge on any atom is 0.276 e. The number of carbonyl (C=O) groups excluding carboxylic acids is 2. The maximum atomic E-state index is 12.6. The average molecular weight is 403 g/mol. The van der Waals surface area contributed by atoms with Gasteiger partial charge in [0.1, 0.15) is 18.7 Å². The smallest absolute Gasteiger partial charge is 0.276 e. The summed E-state index contributed by atoms with van der Waals surface area (Å²) in [6.45, 7) is 1.71. The number of nitrogens with one attached hydrogen (secondary N) is 3. The molecule has 30 heavy (non-hydrogen) atoms. The Hall–Kier alpha value is -4.34. The summed E-state index contributed by atoms with van der Waals surface area (Å²) in [5, 5.41) is 16.5. The first-order valence-corrected chi connectivity index (χ1v) is 9.07. The number of nitrogens with zero attached hydrogens (tertiary/aromatic N) is 4. The molecule has 2 amide bonds. The minimum absolute atomic E-state index is 0.115. The van der Waals surface area contributed by atoms with E-state index in [9.17, 15) is 14.4 Å². The SMILES string of the molecule is CC(C(=O)Nc1ccc(NC(=O)c2n[nH]c(=O)c3ccccc23)cc1)n1cncn1. The number of rotatable bonds is 5. The van der Waals surface area contributed by atoms with Gasteiger partial charge in [0.05, 0.1) is 5.39 Å². The first-order valence-electron chi connectivity index (χ1n) is 9.07. The molecule has 10 heteroatoms. The third-order valence-electron chi connectivity index (χ3n) is 4.53. The van der Waals surface area contributed by atoms with Gasteiger partial charge in [0.2, 0.25) is 5.91 Å². The Kier molecular flexibility index (Phi) is 5.04. The molecule has 10 nitrogen and oxygen atoms in total. The van der Waals surface area contributed by atoms with Crippen molar-refractivity contribution in [2.75, 3.05) is 10.6 Å². The molecule has 0 aliphatic carbocycles. The highest BCUT2D eigenvalue weighted by atomic mass is 16.2. The molecule has 0 spiro atoms. The second-order valence-corrected chi connectivity index (χ2v) is 6.52. The maximum absolute atomic E-state index is 12.6. The fourth-order valence-corrected chi connectivity index (χ4v) is 2.90. The highest BCUT2D eigenvalue weighted by Gasteiger charge is 2.16. The Balaban J connectivity index is 1.46. The van der Waals surface area contributed by atoms with Gasteiger partial charge >= 0.3 is 0 Å². The molecule has 0 radical (unpaired) electrons. The Bertz CT molecular complexity index is 1260. The van der Waals surface area contributed by atoms with E-state index in [4.69, 9.17) is 0 Å². The van der Waals surface area contributed by atoms with Crippen LogP contribution in [-0.4, -0.2) is 36.8 Å². The van der Waals surface area contributed by atoms with Crippen LogP contribution in [0.15, 0.2) is 66.0 Å². The van der Waals surface area contributed by atoms with E-state index in [1.54, 1.807) is 55.5 Å². The number of aromatic amines is 1. The van der Waals surface area contributed by atoms with E-state index in [1.165, 1.54) is 17.3 Å². The zero-order chi connectivity index (χ0) is 21.1. The first kappa shape index (κ1) is 19.0. The molecule has 0 aliphatic heterocycles. The van der Waals surface area contributed by atoms with Crippen LogP contribution >= 0.6 is 0 Å². The molecule has 0 bridgehead atoms. The molecule has 3 N–H and O–H groups in total. The molecule has 1 unspecified atom stereocenters. The molecule has 2 aromatic heterocycles. The Morgan fingerprint density at radius 2 is 1.67 bits per heavy atom. The topological polar surface area (TPSA) is 135 Å². The van der Waals surface area contributed by atoms with E-state index in [2.05, 4.69) is 30.9 Å². The normalized spacial score (nSPS) is 11.8. The van der Waals surface area contributed by atoms with Crippen LogP contribution in [0.3, 0.4) is 0 Å². The molecular weight excluding hydrogens is 386 g/mol. The zero-order valence-corrected chi connectivity index (χ0v) is 15.9. The van der Waals surface area contributed by atoms with Gasteiger partial charge in [0.15, 0.2) is 5.69 Å². The second-order valence-electron chi connectivity index (χ2n) is 6.52. The summed E-state index contributed by atoms with van der Waals surface area (Å²) in [6, 6.07) is 12.9. The summed E-state index contributed by atoms with van der Waals surface area (Å²) in [5.41, 5.74) is 0.837. The molecule has 2 aromatic carbocycles. The minimum Gasteiger partial charge on any atom is -0.324 e. The van der Waals surface area contributed by atoms with Crippen molar-refractivity contribution < 1.29 is 9.59 Å². The van der Waals surface area contributed by atoms with Crippen LogP contribution in [0.2, 0.25) is 0 Å². The predicted molar refractivity (Wildman–Crippen MR) is 110 cm³/mol. The number of hydrogen-bond donors (Lipinski definition) is 3. The second kappa shape index (κ2) is 7.95. The quantitative estimate of drug-likeness (QED) is 0.466. The fourth-order valence-electron chi connectivity index (χ4n) is 2.90. The molecule has 150 valence electrons. The lowest BCUT2D eigenvalue weighted by Crippen LogP contribution is -2.24. The van der Waals surface area contributed by atoms with Gasteiger partial charge in [-0.2, -0.15) is 10.2 Å². The van der Waals surface area contributed by atoms with Crippen LogP contribution in [0.25, 0.3) is 10.8 Å². The molecule has 4 rings (SSSR count). The van der Waals surface area contributed by atoms with Crippen molar-refractivity contribution >= 4 is 34.0 Å². The number of anilines is 2. The first-order chi connectivity index (χ1) is 14.5. The van der Waals surface area contributed by atoms with E-state index >= 15 is 0 Å². The highest BCUT2D eigenvalue weighted by molar-refractivity contribution is 6.11. The van der Waals surface area contributed by atoms with Crippen LogP contribution in [-0.2, 0) is 4.79 Å². The third kappa shape index (κ3) is 3.78. The number of H-pyrrole nitrogens is 1. The molecule has 1 atom stereocenters. The van der Waals surface area contributed by atoms with Crippen LogP contribution < -0.4 is 16.2 Å². The van der Waals surface area contributed by atoms with Crippen molar-refractivity contribution in [3.8, 4) is 0 Å². The van der Waals surface area contributed by atoms with E-state index in [0.29, 0.717) is 22.1 Å². The van der Waals surface area contributed by atoms with Crippen molar-refractivity contribution in [2.24, 2.45) is 0 Å². The van der Waals surface area contributed by atoms with E-state index in [1.807, 2.05) is 0 Å². The largest absolute Gasteiger partial charge is 0.324 e. The number of aromatic nitrogens is 5. The Morgan fingerprint density at radius 1 is 1.00 bits per heavy atom. The molecule has 0 saturated heterocycles. The van der Waals surface area contributed by atoms with Gasteiger partial charge in [-0.25, -0.2) is 14.8 Å². The summed E-state index contributed by atoms with van der Waals surface area (Å²) in [4.78, 5) is 40.6. The standard InChI is InChI=1S/C20H17N7O3/c1-12(27-11-21-10-22-27)18(28)23-13-6-8-14(9-7-13)24-20(30)17-15-4-2-3-5-16(15)19(29)26-25-17/h2-12H,1H3,(H,23,28)(H,24,30)(H,26,29). The Morgan fingerprint density at radius 3 is 2.33 bits per heavy atom. The van der Waals surface area contributed by atoms with Crippen LogP contribution in [0.5, 0.6) is 0 Å². The van der Waals surface area contributed by atoms with E-state index < -0.39 is 11.9 Å². The molecule has 4 aromatic rings. The number of carbonyl (C=O) groups is 2. The third-order valence-corrected chi connectivity index (χ3v) is 4.53. The van der Waals surface area contributed by atoms with Gasteiger partial charge in [-0.05, 0) is 37.3 Å². The van der Waals surface area contributed by atoms with Gasteiger partial charge in [-0.15, -0.1) is 0 Å². The molecule has 0 fully saturated rings. The van der Waals surface area contributed by atoms with Crippen molar-refractivity contribution in [1.82, 2.24) is 25.0 Å². The van der Waals surface area contributed by atoms with Crippen molar-refractivity contribution in [1.29, 1.82) is 0 Å². The van der Waals surface area contributed by atoms with Gasteiger partial charge in [0, 0.05) is 16.8 Å². The Labute approximate surface area is 170 Å². The lowest BCUT2D eigenvalue weighted by molar-refractivity contribution is -0.119. The van der Waals surface area contributed by atoms with Crippen molar-refractivity contribution in [3.05, 3.63) is 77.2 Å². The van der Waals surface area contributed by atoms with Gasteiger partial charge in [-0.1, -0.05) is 18.2 Å². The summed E-state index contributed by atoms with van der Waals surface area (Å²) in [7, 11) is 0. The summed E-state index contributed by atoms with van der Waals surface area (Å²) in [5.74, 6) is -0.708. The number of amides is 2. The molecule has 2 heterocycles. The number of fused-ring (bicyclic) bond motifs is 1. The van der Waals surface area contributed by atoms with E-state index in [0.717, 1.165) is 0 Å². The summed E-state index contributed by atoms with van der Waals surface area (Å²) < 4.78 is 1.45. The predicted octanol–water partition coefficient (Wildman–Crippen LogP) is 1.97. The van der Waals surface area contributed by atoms with Crippen molar-refractivity contribution in [3.63, 3.8) is 0 Å². The molecule has 0 aliphatic rings. The van der Waals surface area contributed by atoms with Crippen LogP contribution in [0, 0.1) is 0 Å². The van der Waals surface area contributed by atoms with Crippen molar-refractivity contribution in [2.45, 2.75) is 13.0 Å². The van der Waals surface area contributed by atoms with Gasteiger partial charge in [0.25, 0.3) is 11.5 Å². The lowest BCUT2D eigenvalue weighted by Gasteiger charge is -2.12. The van der Waals surface area contributed by atoms with Gasteiger partial charge in [-0.3, -0.25) is 14.4 Å². The number of benzene rings is 2. The zero-order valence-electron chi connectivity index (χ0n) is 15.9.